The lowest BCUT2D eigenvalue weighted by Crippen LogP contribution is -2.44. The molecule has 0 aromatic heterocycles. The number of esters is 1. The van der Waals surface area contributed by atoms with E-state index < -0.39 is 5.41 Å². The number of fused-ring (bicyclic) bond motifs is 1. The molecule has 1 aromatic carbocycles. The summed E-state index contributed by atoms with van der Waals surface area (Å²) in [5.74, 6) is -0.0984. The van der Waals surface area contributed by atoms with Gasteiger partial charge in [-0.3, -0.25) is 4.79 Å². The van der Waals surface area contributed by atoms with Crippen LogP contribution in [0.2, 0.25) is 0 Å². The van der Waals surface area contributed by atoms with Crippen molar-refractivity contribution in [1.82, 2.24) is 0 Å². The van der Waals surface area contributed by atoms with Gasteiger partial charge in [-0.15, -0.1) is 0 Å². The second-order valence-corrected chi connectivity index (χ2v) is 3.89. The van der Waals surface area contributed by atoms with E-state index >= 15 is 0 Å². The van der Waals surface area contributed by atoms with Crippen LogP contribution in [-0.2, 0) is 21.4 Å². The quantitative estimate of drug-likeness (QED) is 0.667. The van der Waals surface area contributed by atoms with Crippen LogP contribution in [0.5, 0.6) is 0 Å². The van der Waals surface area contributed by atoms with Crippen LogP contribution in [0.25, 0.3) is 0 Å². The zero-order valence-corrected chi connectivity index (χ0v) is 8.54. The Morgan fingerprint density at radius 2 is 2.21 bits per heavy atom. The van der Waals surface area contributed by atoms with Crippen molar-refractivity contribution in [3.05, 3.63) is 35.4 Å². The number of carbonyl (C=O) groups excluding carboxylic acids is 1. The monoisotopic (exact) mass is 190 g/mol. The van der Waals surface area contributed by atoms with Gasteiger partial charge in [0.15, 0.2) is 0 Å². The molecule has 0 N–H and O–H groups in total. The Morgan fingerprint density at radius 3 is 2.86 bits per heavy atom. The fraction of sp³-hybridized carbons (Fsp3) is 0.417. The van der Waals surface area contributed by atoms with Crippen LogP contribution in [0.15, 0.2) is 24.3 Å². The molecule has 14 heavy (non-hydrogen) atoms. The van der Waals surface area contributed by atoms with Crippen molar-refractivity contribution in [2.45, 2.75) is 25.7 Å². The molecule has 0 spiro atoms. The minimum Gasteiger partial charge on any atom is -0.465 e. The second kappa shape index (κ2) is 3.12. The molecule has 1 aliphatic rings. The Bertz CT molecular complexity index is 370. The van der Waals surface area contributed by atoms with Gasteiger partial charge in [0.2, 0.25) is 0 Å². The Hall–Kier alpha value is -1.31. The molecule has 1 unspecified atom stereocenters. The third-order valence-corrected chi connectivity index (χ3v) is 2.88. The molecule has 0 fully saturated rings. The molecule has 1 aliphatic carbocycles. The molecule has 2 rings (SSSR count). The van der Waals surface area contributed by atoms with Gasteiger partial charge in [-0.2, -0.15) is 0 Å². The summed E-state index contributed by atoms with van der Waals surface area (Å²) < 4.78 is 5.07. The smallest absolute Gasteiger partial charge is 0.316 e. The zero-order valence-electron chi connectivity index (χ0n) is 8.54. The zero-order chi connectivity index (χ0) is 10.2. The van der Waals surface area contributed by atoms with E-state index in [1.807, 2.05) is 32.0 Å². The number of rotatable bonds is 2. The molecular formula is C12H14O2. The van der Waals surface area contributed by atoms with E-state index in [2.05, 4.69) is 6.07 Å². The Morgan fingerprint density at radius 1 is 1.50 bits per heavy atom. The molecular weight excluding hydrogens is 176 g/mol. The fourth-order valence-electron chi connectivity index (χ4n) is 2.05. The summed E-state index contributed by atoms with van der Waals surface area (Å²) in [6, 6.07) is 8.05. The number of hydrogen-bond acceptors (Lipinski definition) is 2. The van der Waals surface area contributed by atoms with Crippen molar-refractivity contribution < 1.29 is 9.53 Å². The van der Waals surface area contributed by atoms with E-state index in [1.54, 1.807) is 0 Å². The van der Waals surface area contributed by atoms with Crippen LogP contribution in [0.4, 0.5) is 0 Å². The largest absolute Gasteiger partial charge is 0.465 e. The Balaban J connectivity index is 2.27. The van der Waals surface area contributed by atoms with Crippen LogP contribution < -0.4 is 0 Å². The van der Waals surface area contributed by atoms with Crippen LogP contribution in [0, 0.1) is 0 Å². The van der Waals surface area contributed by atoms with Crippen LogP contribution >= 0.6 is 0 Å². The first-order chi connectivity index (χ1) is 6.68. The second-order valence-electron chi connectivity index (χ2n) is 3.89. The number of carbonyl (C=O) groups is 1. The van der Waals surface area contributed by atoms with Gasteiger partial charge in [0.05, 0.1) is 12.0 Å². The highest BCUT2D eigenvalue weighted by Crippen LogP contribution is 2.41. The topological polar surface area (TPSA) is 26.3 Å². The van der Waals surface area contributed by atoms with Gasteiger partial charge >= 0.3 is 5.97 Å². The highest BCUT2D eigenvalue weighted by atomic mass is 16.5. The molecule has 74 valence electrons. The summed E-state index contributed by atoms with van der Waals surface area (Å²) in [6.45, 7) is 4.25. The van der Waals surface area contributed by atoms with E-state index in [9.17, 15) is 4.79 Å². The van der Waals surface area contributed by atoms with E-state index in [4.69, 9.17) is 4.74 Å². The number of hydrogen-bond donors (Lipinski definition) is 0. The predicted molar refractivity (Wildman–Crippen MR) is 54.1 cm³/mol. The predicted octanol–water partition coefficient (Wildman–Crippen LogP) is 2.06. The van der Waals surface area contributed by atoms with Crippen molar-refractivity contribution in [3.63, 3.8) is 0 Å². The standard InChI is InChI=1S/C12H14O2/c1-3-14-11(13)12(2)8-9-6-4-5-7-10(9)12/h4-7H,3,8H2,1-2H3. The number of benzene rings is 1. The molecule has 0 heterocycles. The minimum atomic E-state index is -0.396. The molecule has 0 bridgehead atoms. The molecule has 0 amide bonds. The van der Waals surface area contributed by atoms with Crippen LogP contribution in [-0.4, -0.2) is 12.6 Å². The lowest BCUT2D eigenvalue weighted by Gasteiger charge is -2.38. The molecule has 1 aromatic rings. The molecule has 0 aliphatic heterocycles. The lowest BCUT2D eigenvalue weighted by atomic mass is 9.65. The lowest BCUT2D eigenvalue weighted by molar-refractivity contribution is -0.150. The fourth-order valence-corrected chi connectivity index (χ4v) is 2.05. The highest BCUT2D eigenvalue weighted by molar-refractivity contribution is 5.86. The van der Waals surface area contributed by atoms with E-state index in [0.29, 0.717) is 6.61 Å². The maximum atomic E-state index is 11.7. The van der Waals surface area contributed by atoms with Crippen molar-refractivity contribution in [1.29, 1.82) is 0 Å². The van der Waals surface area contributed by atoms with Crippen LogP contribution in [0.3, 0.4) is 0 Å². The van der Waals surface area contributed by atoms with Crippen molar-refractivity contribution in [2.24, 2.45) is 0 Å². The van der Waals surface area contributed by atoms with Crippen molar-refractivity contribution in [2.75, 3.05) is 6.61 Å². The van der Waals surface area contributed by atoms with Gasteiger partial charge in [-0.25, -0.2) is 0 Å². The first-order valence-corrected chi connectivity index (χ1v) is 4.94. The maximum Gasteiger partial charge on any atom is 0.316 e. The highest BCUT2D eigenvalue weighted by Gasteiger charge is 2.45. The molecule has 0 saturated carbocycles. The van der Waals surface area contributed by atoms with Crippen molar-refractivity contribution >= 4 is 5.97 Å². The Labute approximate surface area is 83.9 Å². The van der Waals surface area contributed by atoms with E-state index in [0.717, 1.165) is 12.0 Å². The average Bonchev–Trinajstić information content (AvgIpc) is 2.16. The molecule has 0 radical (unpaired) electrons. The van der Waals surface area contributed by atoms with Crippen LogP contribution in [0.1, 0.15) is 25.0 Å². The summed E-state index contributed by atoms with van der Waals surface area (Å²) in [5.41, 5.74) is 1.99. The summed E-state index contributed by atoms with van der Waals surface area (Å²) >= 11 is 0. The molecule has 2 nitrogen and oxygen atoms in total. The summed E-state index contributed by atoms with van der Waals surface area (Å²) in [7, 11) is 0. The van der Waals surface area contributed by atoms with Crippen molar-refractivity contribution in [3.8, 4) is 0 Å². The van der Waals surface area contributed by atoms with Gasteiger partial charge in [0.25, 0.3) is 0 Å². The van der Waals surface area contributed by atoms with Gasteiger partial charge in [0.1, 0.15) is 0 Å². The van der Waals surface area contributed by atoms with E-state index in [1.165, 1.54) is 5.56 Å². The van der Waals surface area contributed by atoms with Gasteiger partial charge in [-0.1, -0.05) is 24.3 Å². The summed E-state index contributed by atoms with van der Waals surface area (Å²) in [6.07, 6.45) is 0.808. The first-order valence-electron chi connectivity index (χ1n) is 4.94. The van der Waals surface area contributed by atoms with Gasteiger partial charge in [-0.05, 0) is 31.4 Å². The molecule has 0 saturated heterocycles. The average molecular weight is 190 g/mol. The Kier molecular flexibility index (Phi) is 2.06. The maximum absolute atomic E-state index is 11.7. The normalized spacial score (nSPS) is 23.6. The molecule has 2 heteroatoms. The van der Waals surface area contributed by atoms with E-state index in [-0.39, 0.29) is 5.97 Å². The van der Waals surface area contributed by atoms with Gasteiger partial charge in [0, 0.05) is 0 Å². The summed E-state index contributed by atoms with van der Waals surface area (Å²) in [5, 5.41) is 0. The third kappa shape index (κ3) is 1.14. The van der Waals surface area contributed by atoms with Gasteiger partial charge < -0.3 is 4.74 Å². The molecule has 1 atom stereocenters. The SMILES string of the molecule is CCOC(=O)C1(C)Cc2ccccc21. The summed E-state index contributed by atoms with van der Waals surface area (Å²) in [4.78, 5) is 11.7. The first kappa shape index (κ1) is 9.25. The minimum absolute atomic E-state index is 0.0984. The third-order valence-electron chi connectivity index (χ3n) is 2.88. The number of ether oxygens (including phenoxy) is 1.